The standard InChI is InChI=1S/C17H27ClN2O/c1-4-7-19-12(2)14-5-6-17(16(18)10-14)20(3)11-13-8-15(21)9-13/h5-6,10,12-13,15,19,21H,4,7-9,11H2,1-3H3. The Balaban J connectivity index is 1.97. The molecule has 2 rings (SSSR count). The highest BCUT2D eigenvalue weighted by Crippen LogP contribution is 2.32. The van der Waals surface area contributed by atoms with E-state index in [1.807, 2.05) is 0 Å². The molecule has 0 saturated heterocycles. The molecular weight excluding hydrogens is 284 g/mol. The number of rotatable bonds is 7. The molecule has 3 nitrogen and oxygen atoms in total. The van der Waals surface area contributed by atoms with E-state index >= 15 is 0 Å². The molecule has 1 atom stereocenters. The summed E-state index contributed by atoms with van der Waals surface area (Å²) in [7, 11) is 2.07. The summed E-state index contributed by atoms with van der Waals surface area (Å²) in [5, 5.41) is 13.7. The zero-order valence-electron chi connectivity index (χ0n) is 13.3. The number of halogens is 1. The van der Waals surface area contributed by atoms with Gasteiger partial charge in [0.15, 0.2) is 0 Å². The van der Waals surface area contributed by atoms with Gasteiger partial charge in [0.05, 0.1) is 16.8 Å². The van der Waals surface area contributed by atoms with Gasteiger partial charge in [0.25, 0.3) is 0 Å². The maximum atomic E-state index is 9.37. The van der Waals surface area contributed by atoms with Crippen molar-refractivity contribution < 1.29 is 5.11 Å². The lowest BCUT2D eigenvalue weighted by Crippen LogP contribution is -2.37. The highest BCUT2D eigenvalue weighted by atomic mass is 35.5. The number of benzene rings is 1. The maximum Gasteiger partial charge on any atom is 0.0642 e. The van der Waals surface area contributed by atoms with Crippen LogP contribution in [0.25, 0.3) is 0 Å². The molecule has 1 saturated carbocycles. The van der Waals surface area contributed by atoms with E-state index in [9.17, 15) is 5.11 Å². The summed E-state index contributed by atoms with van der Waals surface area (Å²) in [6.45, 7) is 6.31. The number of hydrogen-bond donors (Lipinski definition) is 2. The van der Waals surface area contributed by atoms with E-state index in [-0.39, 0.29) is 6.10 Å². The predicted molar refractivity (Wildman–Crippen MR) is 90.2 cm³/mol. The lowest BCUT2D eigenvalue weighted by molar-refractivity contribution is 0.0465. The maximum absolute atomic E-state index is 9.37. The normalized spacial score (nSPS) is 22.7. The summed E-state index contributed by atoms with van der Waals surface area (Å²) in [5.74, 6) is 0.589. The molecule has 0 aliphatic heterocycles. The SMILES string of the molecule is CCCNC(C)c1ccc(N(C)CC2CC(O)C2)c(Cl)c1. The molecule has 0 heterocycles. The van der Waals surface area contributed by atoms with E-state index in [4.69, 9.17) is 11.6 Å². The molecule has 0 bridgehead atoms. The van der Waals surface area contributed by atoms with Crippen LogP contribution in [-0.2, 0) is 0 Å². The molecule has 2 N–H and O–H groups in total. The van der Waals surface area contributed by atoms with Gasteiger partial charge < -0.3 is 15.3 Å². The Morgan fingerprint density at radius 3 is 2.71 bits per heavy atom. The van der Waals surface area contributed by atoms with Gasteiger partial charge in [0.2, 0.25) is 0 Å². The average molecular weight is 311 g/mol. The van der Waals surface area contributed by atoms with Gasteiger partial charge in [-0.2, -0.15) is 0 Å². The second-order valence-corrected chi connectivity index (χ2v) is 6.67. The van der Waals surface area contributed by atoms with Crippen molar-refractivity contribution in [2.24, 2.45) is 5.92 Å². The van der Waals surface area contributed by atoms with Crippen LogP contribution in [0.3, 0.4) is 0 Å². The van der Waals surface area contributed by atoms with E-state index in [1.54, 1.807) is 0 Å². The summed E-state index contributed by atoms with van der Waals surface area (Å²) in [6, 6.07) is 6.65. The number of hydrogen-bond acceptors (Lipinski definition) is 3. The van der Waals surface area contributed by atoms with E-state index in [0.717, 1.165) is 43.1 Å². The number of aliphatic hydroxyl groups excluding tert-OH is 1. The van der Waals surface area contributed by atoms with E-state index in [1.165, 1.54) is 5.56 Å². The third-order valence-electron chi connectivity index (χ3n) is 4.33. The number of anilines is 1. The largest absolute Gasteiger partial charge is 0.393 e. The van der Waals surface area contributed by atoms with Crippen LogP contribution in [0.2, 0.25) is 5.02 Å². The Labute approximate surface area is 133 Å². The Hall–Kier alpha value is -0.770. The minimum atomic E-state index is -0.0910. The van der Waals surface area contributed by atoms with Crippen molar-refractivity contribution in [3.63, 3.8) is 0 Å². The van der Waals surface area contributed by atoms with E-state index in [2.05, 4.69) is 49.3 Å². The summed E-state index contributed by atoms with van der Waals surface area (Å²) >= 11 is 6.46. The zero-order chi connectivity index (χ0) is 15.4. The smallest absolute Gasteiger partial charge is 0.0642 e. The van der Waals surface area contributed by atoms with Crippen LogP contribution >= 0.6 is 11.6 Å². The first-order valence-electron chi connectivity index (χ1n) is 7.93. The van der Waals surface area contributed by atoms with Crippen LogP contribution in [0.15, 0.2) is 18.2 Å². The van der Waals surface area contributed by atoms with Gasteiger partial charge in [-0.25, -0.2) is 0 Å². The first-order valence-corrected chi connectivity index (χ1v) is 8.31. The second-order valence-electron chi connectivity index (χ2n) is 6.26. The van der Waals surface area contributed by atoms with Crippen LogP contribution < -0.4 is 10.2 Å². The fourth-order valence-corrected chi connectivity index (χ4v) is 3.25. The monoisotopic (exact) mass is 310 g/mol. The molecule has 0 amide bonds. The minimum Gasteiger partial charge on any atom is -0.393 e. The Kier molecular flexibility index (Phi) is 5.91. The average Bonchev–Trinajstić information content (AvgIpc) is 2.42. The van der Waals surface area contributed by atoms with Crippen LogP contribution in [-0.4, -0.2) is 31.3 Å². The lowest BCUT2D eigenvalue weighted by atomic mass is 9.82. The van der Waals surface area contributed by atoms with Crippen LogP contribution in [0, 0.1) is 5.92 Å². The fraction of sp³-hybridized carbons (Fsp3) is 0.647. The van der Waals surface area contributed by atoms with Gasteiger partial charge in [-0.05, 0) is 56.3 Å². The van der Waals surface area contributed by atoms with Crippen LogP contribution in [0.1, 0.15) is 44.7 Å². The topological polar surface area (TPSA) is 35.5 Å². The lowest BCUT2D eigenvalue weighted by Gasteiger charge is -2.35. The molecule has 4 heteroatoms. The summed E-state index contributed by atoms with van der Waals surface area (Å²) in [6.07, 6.45) is 2.87. The van der Waals surface area contributed by atoms with Crippen molar-refractivity contribution >= 4 is 17.3 Å². The molecule has 118 valence electrons. The third-order valence-corrected chi connectivity index (χ3v) is 4.63. The van der Waals surface area contributed by atoms with Crippen molar-refractivity contribution in [2.45, 2.75) is 45.3 Å². The first-order chi connectivity index (χ1) is 10.0. The van der Waals surface area contributed by atoms with E-state index < -0.39 is 0 Å². The number of nitrogens with one attached hydrogen (secondary N) is 1. The molecule has 1 unspecified atom stereocenters. The highest BCUT2D eigenvalue weighted by Gasteiger charge is 2.28. The second kappa shape index (κ2) is 7.48. The van der Waals surface area contributed by atoms with Gasteiger partial charge in [-0.1, -0.05) is 24.6 Å². The molecule has 0 spiro atoms. The molecule has 0 aromatic heterocycles. The molecule has 1 fully saturated rings. The van der Waals surface area contributed by atoms with Crippen molar-refractivity contribution in [1.82, 2.24) is 5.32 Å². The molecule has 1 aromatic carbocycles. The first kappa shape index (κ1) is 16.6. The summed E-state index contributed by atoms with van der Waals surface area (Å²) < 4.78 is 0. The van der Waals surface area contributed by atoms with Crippen molar-refractivity contribution in [2.75, 3.05) is 25.0 Å². The minimum absolute atomic E-state index is 0.0910. The van der Waals surface area contributed by atoms with Crippen molar-refractivity contribution in [1.29, 1.82) is 0 Å². The Morgan fingerprint density at radius 1 is 1.43 bits per heavy atom. The van der Waals surface area contributed by atoms with E-state index in [0.29, 0.717) is 12.0 Å². The summed E-state index contributed by atoms with van der Waals surface area (Å²) in [4.78, 5) is 2.20. The summed E-state index contributed by atoms with van der Waals surface area (Å²) in [5.41, 5.74) is 2.30. The molecule has 21 heavy (non-hydrogen) atoms. The van der Waals surface area contributed by atoms with Crippen molar-refractivity contribution in [3.05, 3.63) is 28.8 Å². The molecule has 0 radical (unpaired) electrons. The van der Waals surface area contributed by atoms with Gasteiger partial charge in [0, 0.05) is 19.6 Å². The highest BCUT2D eigenvalue weighted by molar-refractivity contribution is 6.33. The molecule has 1 aromatic rings. The fourth-order valence-electron chi connectivity index (χ4n) is 2.92. The molecular formula is C17H27ClN2O. The molecule has 1 aliphatic carbocycles. The van der Waals surface area contributed by atoms with Crippen LogP contribution in [0.4, 0.5) is 5.69 Å². The zero-order valence-corrected chi connectivity index (χ0v) is 14.0. The quantitative estimate of drug-likeness (QED) is 0.807. The van der Waals surface area contributed by atoms with Gasteiger partial charge >= 0.3 is 0 Å². The number of aliphatic hydroxyl groups is 1. The van der Waals surface area contributed by atoms with Crippen LogP contribution in [0.5, 0.6) is 0 Å². The number of nitrogens with zero attached hydrogens (tertiary/aromatic N) is 1. The predicted octanol–water partition coefficient (Wildman–Crippen LogP) is 3.61. The van der Waals surface area contributed by atoms with Gasteiger partial charge in [0.1, 0.15) is 0 Å². The van der Waals surface area contributed by atoms with Crippen molar-refractivity contribution in [3.8, 4) is 0 Å². The third kappa shape index (κ3) is 4.35. The Bertz CT molecular complexity index is 460. The molecule has 1 aliphatic rings. The van der Waals surface area contributed by atoms with Gasteiger partial charge in [-0.15, -0.1) is 0 Å². The Morgan fingerprint density at radius 2 is 2.14 bits per heavy atom. The van der Waals surface area contributed by atoms with Gasteiger partial charge in [-0.3, -0.25) is 0 Å².